The molecule has 2 aliphatic rings. The van der Waals surface area contributed by atoms with E-state index < -0.39 is 29.7 Å². The van der Waals surface area contributed by atoms with Gasteiger partial charge in [-0.2, -0.15) is 0 Å². The van der Waals surface area contributed by atoms with Crippen LogP contribution in [0.4, 0.5) is 0 Å². The number of hydrogen-bond acceptors (Lipinski definition) is 6. The molecule has 0 aromatic heterocycles. The van der Waals surface area contributed by atoms with Crippen molar-refractivity contribution in [3.63, 3.8) is 0 Å². The summed E-state index contributed by atoms with van der Waals surface area (Å²) in [6.07, 6.45) is -0.328. The van der Waals surface area contributed by atoms with E-state index in [1.165, 1.54) is 0 Å². The van der Waals surface area contributed by atoms with Crippen LogP contribution >= 0.6 is 11.6 Å². The molecule has 7 heteroatoms. The molecule has 0 saturated carbocycles. The lowest BCUT2D eigenvalue weighted by Gasteiger charge is -2.44. The first-order chi connectivity index (χ1) is 12.5. The molecule has 2 heterocycles. The van der Waals surface area contributed by atoms with Gasteiger partial charge < -0.3 is 18.9 Å². The van der Waals surface area contributed by atoms with Crippen molar-refractivity contribution in [3.8, 4) is 0 Å². The first-order valence-corrected chi connectivity index (χ1v) is 9.27. The van der Waals surface area contributed by atoms with E-state index in [-0.39, 0.29) is 25.6 Å². The number of ether oxygens (including phenoxy) is 4. The Morgan fingerprint density at radius 2 is 1.77 bits per heavy atom. The van der Waals surface area contributed by atoms with Gasteiger partial charge in [0.25, 0.3) is 0 Å². The second kappa shape index (κ2) is 7.94. The quantitative estimate of drug-likeness (QED) is 0.575. The summed E-state index contributed by atoms with van der Waals surface area (Å²) in [7, 11) is 0. The van der Waals surface area contributed by atoms with Crippen molar-refractivity contribution in [3.05, 3.63) is 34.9 Å². The fourth-order valence-corrected chi connectivity index (χ4v) is 3.84. The summed E-state index contributed by atoms with van der Waals surface area (Å²) < 4.78 is 22.4. The van der Waals surface area contributed by atoms with Gasteiger partial charge in [0.2, 0.25) is 0 Å². The molecule has 2 saturated heterocycles. The van der Waals surface area contributed by atoms with E-state index in [4.69, 9.17) is 30.5 Å². The second-order valence-corrected chi connectivity index (χ2v) is 6.91. The van der Waals surface area contributed by atoms with Gasteiger partial charge in [0.15, 0.2) is 11.7 Å². The van der Waals surface area contributed by atoms with E-state index in [1.807, 2.05) is 0 Å². The van der Waals surface area contributed by atoms with Gasteiger partial charge >= 0.3 is 11.9 Å². The van der Waals surface area contributed by atoms with Crippen molar-refractivity contribution < 1.29 is 28.5 Å². The highest BCUT2D eigenvalue weighted by molar-refractivity contribution is 6.30. The third kappa shape index (κ3) is 3.33. The summed E-state index contributed by atoms with van der Waals surface area (Å²) in [6.45, 7) is 4.28. The lowest BCUT2D eigenvalue weighted by atomic mass is 9.70. The van der Waals surface area contributed by atoms with Crippen LogP contribution in [0, 0.1) is 11.3 Å². The van der Waals surface area contributed by atoms with Crippen LogP contribution in [0.15, 0.2) is 24.3 Å². The molecule has 0 amide bonds. The maximum absolute atomic E-state index is 13.0. The molecule has 0 aliphatic carbocycles. The van der Waals surface area contributed by atoms with Gasteiger partial charge in [-0.25, -0.2) is 0 Å². The average molecular weight is 383 g/mol. The van der Waals surface area contributed by atoms with E-state index in [2.05, 4.69) is 0 Å². The van der Waals surface area contributed by atoms with E-state index in [0.29, 0.717) is 17.2 Å². The third-order valence-corrected chi connectivity index (χ3v) is 5.16. The Labute approximate surface area is 157 Å². The monoisotopic (exact) mass is 382 g/mol. The summed E-state index contributed by atoms with van der Waals surface area (Å²) in [5.74, 6) is -1.31. The number of carbonyl (C=O) groups is 2. The lowest BCUT2D eigenvalue weighted by molar-refractivity contribution is -0.242. The van der Waals surface area contributed by atoms with Crippen molar-refractivity contribution in [1.82, 2.24) is 0 Å². The van der Waals surface area contributed by atoms with Crippen LogP contribution in [-0.4, -0.2) is 38.0 Å². The van der Waals surface area contributed by atoms with E-state index in [9.17, 15) is 9.59 Å². The topological polar surface area (TPSA) is 71.1 Å². The van der Waals surface area contributed by atoms with Crippen LogP contribution in [0.5, 0.6) is 0 Å². The van der Waals surface area contributed by atoms with Gasteiger partial charge in [-0.1, -0.05) is 23.7 Å². The SMILES string of the molecule is CCOC(=O)C1(C(=O)OCC)C[C@@H]2CCO[C@@H]2O[C@@H]1c1ccc(Cl)cc1. The van der Waals surface area contributed by atoms with Crippen LogP contribution < -0.4 is 0 Å². The molecule has 0 radical (unpaired) electrons. The highest BCUT2D eigenvalue weighted by Crippen LogP contribution is 2.52. The molecule has 2 fully saturated rings. The summed E-state index contributed by atoms with van der Waals surface area (Å²) >= 11 is 5.99. The highest BCUT2D eigenvalue weighted by atomic mass is 35.5. The predicted molar refractivity (Wildman–Crippen MR) is 93.4 cm³/mol. The number of carbonyl (C=O) groups excluding carboxylic acids is 2. The minimum Gasteiger partial charge on any atom is -0.465 e. The molecule has 0 spiro atoms. The Morgan fingerprint density at radius 3 is 2.35 bits per heavy atom. The first kappa shape index (κ1) is 19.1. The molecule has 6 nitrogen and oxygen atoms in total. The van der Waals surface area contributed by atoms with Gasteiger partial charge in [-0.15, -0.1) is 0 Å². The number of hydrogen-bond donors (Lipinski definition) is 0. The molecular weight excluding hydrogens is 360 g/mol. The van der Waals surface area contributed by atoms with Crippen LogP contribution in [0.3, 0.4) is 0 Å². The second-order valence-electron chi connectivity index (χ2n) is 6.47. The zero-order chi connectivity index (χ0) is 18.7. The third-order valence-electron chi connectivity index (χ3n) is 4.91. The zero-order valence-corrected chi connectivity index (χ0v) is 15.7. The maximum atomic E-state index is 13.0. The molecule has 1 aromatic rings. The lowest BCUT2D eigenvalue weighted by Crippen LogP contribution is -2.53. The van der Waals surface area contributed by atoms with E-state index in [0.717, 1.165) is 6.42 Å². The largest absolute Gasteiger partial charge is 0.465 e. The summed E-state index contributed by atoms with van der Waals surface area (Å²) in [4.78, 5) is 26.0. The summed E-state index contributed by atoms with van der Waals surface area (Å²) in [6, 6.07) is 6.89. The first-order valence-electron chi connectivity index (χ1n) is 8.89. The molecule has 1 aromatic carbocycles. The molecule has 0 unspecified atom stereocenters. The van der Waals surface area contributed by atoms with Crippen LogP contribution in [-0.2, 0) is 28.5 Å². The summed E-state index contributed by atoms with van der Waals surface area (Å²) in [5.41, 5.74) is -0.904. The smallest absolute Gasteiger partial charge is 0.326 e. The maximum Gasteiger partial charge on any atom is 0.326 e. The van der Waals surface area contributed by atoms with Crippen LogP contribution in [0.25, 0.3) is 0 Å². The fourth-order valence-electron chi connectivity index (χ4n) is 3.71. The van der Waals surface area contributed by atoms with Crippen molar-refractivity contribution in [1.29, 1.82) is 0 Å². The molecule has 142 valence electrons. The van der Waals surface area contributed by atoms with Crippen molar-refractivity contribution in [2.75, 3.05) is 19.8 Å². The predicted octanol–water partition coefficient (Wildman–Crippen LogP) is 3.28. The van der Waals surface area contributed by atoms with Gasteiger partial charge in [-0.3, -0.25) is 9.59 Å². The number of fused-ring (bicyclic) bond motifs is 1. The molecular formula is C19H23ClO6. The van der Waals surface area contributed by atoms with Gasteiger partial charge in [0.1, 0.15) is 6.10 Å². The zero-order valence-electron chi connectivity index (χ0n) is 14.9. The number of benzene rings is 1. The Bertz CT molecular complexity index is 640. The van der Waals surface area contributed by atoms with Gasteiger partial charge in [0.05, 0.1) is 19.8 Å². The Morgan fingerprint density at radius 1 is 1.15 bits per heavy atom. The van der Waals surface area contributed by atoms with Crippen LogP contribution in [0.1, 0.15) is 38.4 Å². The Kier molecular flexibility index (Phi) is 5.85. The molecule has 0 bridgehead atoms. The molecule has 0 N–H and O–H groups in total. The Hall–Kier alpha value is -1.63. The van der Waals surface area contributed by atoms with Crippen molar-refractivity contribution in [2.24, 2.45) is 11.3 Å². The highest BCUT2D eigenvalue weighted by Gasteiger charge is 2.62. The normalized spacial score (nSPS) is 26.8. The molecule has 3 rings (SSSR count). The molecule has 26 heavy (non-hydrogen) atoms. The number of esters is 2. The van der Waals surface area contributed by atoms with Gasteiger partial charge in [-0.05, 0) is 44.4 Å². The molecule has 3 atom stereocenters. The van der Waals surface area contributed by atoms with E-state index >= 15 is 0 Å². The van der Waals surface area contributed by atoms with Crippen LogP contribution in [0.2, 0.25) is 5.02 Å². The van der Waals surface area contributed by atoms with Crippen molar-refractivity contribution >= 4 is 23.5 Å². The minimum absolute atomic E-state index is 0.0626. The van der Waals surface area contributed by atoms with Gasteiger partial charge in [0, 0.05) is 10.9 Å². The standard InChI is InChI=1S/C19H23ClO6/c1-3-23-17(21)19(18(22)24-4-2)11-13-9-10-25-16(13)26-15(19)12-5-7-14(20)8-6-12/h5-8,13,15-16H,3-4,9-11H2,1-2H3/t13-,15+,16+/m0/s1. The summed E-state index contributed by atoms with van der Waals surface area (Å²) in [5, 5.41) is 0.553. The number of halogens is 1. The minimum atomic E-state index is -1.56. The van der Waals surface area contributed by atoms with Crippen molar-refractivity contribution in [2.45, 2.75) is 39.1 Å². The van der Waals surface area contributed by atoms with E-state index in [1.54, 1.807) is 38.1 Å². The number of rotatable bonds is 5. The Balaban J connectivity index is 2.08. The molecule has 2 aliphatic heterocycles. The fraction of sp³-hybridized carbons (Fsp3) is 0.579. The average Bonchev–Trinajstić information content (AvgIpc) is 3.08.